The minimum Gasteiger partial charge on any atom is -0.458 e. The van der Waals surface area contributed by atoms with Crippen LogP contribution in [0.15, 0.2) is 11.6 Å². The Balaban J connectivity index is 1.70. The number of carbonyl (C=O) groups excluding carboxylic acids is 3. The molecule has 30 heavy (non-hydrogen) atoms. The number of ketones is 2. The predicted molar refractivity (Wildman–Crippen MR) is 109 cm³/mol. The molecule has 0 aromatic rings. The van der Waals surface area contributed by atoms with Crippen molar-refractivity contribution in [2.45, 2.75) is 77.9 Å². The van der Waals surface area contributed by atoms with Gasteiger partial charge in [-0.3, -0.25) is 14.4 Å². The number of hydrogen-bond acceptors (Lipinski definition) is 6. The van der Waals surface area contributed by atoms with E-state index < -0.39 is 35.5 Å². The summed E-state index contributed by atoms with van der Waals surface area (Å²) in [4.78, 5) is 36.2. The molecule has 4 aliphatic carbocycles. The van der Waals surface area contributed by atoms with E-state index >= 15 is 0 Å². The topological polar surface area (TPSA) is 101 Å². The second-order valence-corrected chi connectivity index (χ2v) is 10.7. The molecule has 0 radical (unpaired) electrons. The van der Waals surface area contributed by atoms with Crippen LogP contribution in [-0.4, -0.2) is 46.1 Å². The van der Waals surface area contributed by atoms with Crippen LogP contribution in [-0.2, 0) is 19.1 Å². The highest BCUT2D eigenvalue weighted by atomic mass is 16.5. The van der Waals surface area contributed by atoms with Crippen LogP contribution in [0.4, 0.5) is 0 Å². The molecule has 0 bridgehead atoms. The van der Waals surface area contributed by atoms with Crippen LogP contribution >= 0.6 is 0 Å². The number of rotatable bonds is 3. The van der Waals surface area contributed by atoms with Gasteiger partial charge in [0.15, 0.2) is 12.4 Å². The third-order valence-corrected chi connectivity index (χ3v) is 9.27. The van der Waals surface area contributed by atoms with E-state index in [1.165, 1.54) is 6.92 Å². The van der Waals surface area contributed by atoms with Crippen molar-refractivity contribution in [3.63, 3.8) is 0 Å². The molecule has 0 aliphatic heterocycles. The Morgan fingerprint density at radius 1 is 1.27 bits per heavy atom. The first-order chi connectivity index (χ1) is 13.9. The summed E-state index contributed by atoms with van der Waals surface area (Å²) in [6.07, 6.45) is 4.61. The van der Waals surface area contributed by atoms with Gasteiger partial charge < -0.3 is 14.9 Å². The van der Waals surface area contributed by atoms with Crippen molar-refractivity contribution in [2.24, 2.45) is 34.5 Å². The number of hydrogen-bond donors (Lipinski definition) is 2. The van der Waals surface area contributed by atoms with Crippen LogP contribution in [0.3, 0.4) is 0 Å². The van der Waals surface area contributed by atoms with Crippen molar-refractivity contribution in [3.8, 4) is 0 Å². The maximum Gasteiger partial charge on any atom is 0.303 e. The fourth-order valence-corrected chi connectivity index (χ4v) is 7.76. The van der Waals surface area contributed by atoms with Gasteiger partial charge in [0.1, 0.15) is 5.60 Å². The van der Waals surface area contributed by atoms with Gasteiger partial charge in [-0.2, -0.15) is 0 Å². The quantitative estimate of drug-likeness (QED) is 0.683. The number of esters is 1. The Morgan fingerprint density at radius 3 is 2.63 bits per heavy atom. The van der Waals surface area contributed by atoms with E-state index in [0.717, 1.165) is 18.4 Å². The Labute approximate surface area is 178 Å². The Kier molecular flexibility index (Phi) is 5.06. The highest BCUT2D eigenvalue weighted by molar-refractivity contribution is 5.92. The monoisotopic (exact) mass is 418 g/mol. The van der Waals surface area contributed by atoms with Gasteiger partial charge >= 0.3 is 5.97 Å². The number of allylic oxidation sites excluding steroid dienone is 1. The summed E-state index contributed by atoms with van der Waals surface area (Å²) in [6.45, 7) is 7.11. The first kappa shape index (κ1) is 21.7. The summed E-state index contributed by atoms with van der Waals surface area (Å²) < 4.78 is 4.91. The molecule has 4 aliphatic rings. The fraction of sp³-hybridized carbons (Fsp3) is 0.792. The molecule has 0 aromatic carbocycles. The van der Waals surface area contributed by atoms with E-state index in [1.54, 1.807) is 0 Å². The first-order valence-electron chi connectivity index (χ1n) is 11.2. The molecule has 166 valence electrons. The molecule has 0 spiro atoms. The Bertz CT molecular complexity index is 817. The van der Waals surface area contributed by atoms with Crippen molar-refractivity contribution in [3.05, 3.63) is 11.6 Å². The highest BCUT2D eigenvalue weighted by Gasteiger charge is 2.69. The molecule has 4 rings (SSSR count). The third kappa shape index (κ3) is 2.86. The Hall–Kier alpha value is -1.53. The lowest BCUT2D eigenvalue weighted by molar-refractivity contribution is -0.190. The van der Waals surface area contributed by atoms with Crippen LogP contribution in [0.1, 0.15) is 66.2 Å². The zero-order valence-electron chi connectivity index (χ0n) is 18.4. The lowest BCUT2D eigenvalue weighted by Gasteiger charge is -2.62. The minimum atomic E-state index is -1.60. The van der Waals surface area contributed by atoms with Gasteiger partial charge in [0.25, 0.3) is 0 Å². The number of carbonyl (C=O) groups is 3. The van der Waals surface area contributed by atoms with Gasteiger partial charge in [0.05, 0.1) is 6.10 Å². The number of ether oxygens (including phenoxy) is 1. The number of Topliss-reactive ketones (excluding diaryl/α,β-unsaturated/α-hetero) is 1. The average Bonchev–Trinajstić information content (AvgIpc) is 2.92. The van der Waals surface area contributed by atoms with Gasteiger partial charge in [-0.25, -0.2) is 0 Å². The summed E-state index contributed by atoms with van der Waals surface area (Å²) in [5, 5.41) is 23.0. The second kappa shape index (κ2) is 6.99. The van der Waals surface area contributed by atoms with Gasteiger partial charge in [0, 0.05) is 18.8 Å². The number of aliphatic hydroxyl groups is 2. The summed E-state index contributed by atoms with van der Waals surface area (Å²) in [5.41, 5.74) is -1.41. The lowest BCUT2D eigenvalue weighted by atomic mass is 9.43. The average molecular weight is 419 g/mol. The highest BCUT2D eigenvalue weighted by Crippen LogP contribution is 2.68. The van der Waals surface area contributed by atoms with E-state index in [1.807, 2.05) is 13.0 Å². The molecule has 0 amide bonds. The zero-order valence-corrected chi connectivity index (χ0v) is 18.4. The maximum absolute atomic E-state index is 13.0. The fourth-order valence-electron chi connectivity index (χ4n) is 7.76. The summed E-state index contributed by atoms with van der Waals surface area (Å²) in [5.74, 6) is -0.292. The van der Waals surface area contributed by atoms with Crippen molar-refractivity contribution < 1.29 is 29.3 Å². The third-order valence-electron chi connectivity index (χ3n) is 9.27. The molecule has 0 aromatic heterocycles. The molecule has 0 heterocycles. The standard InChI is InChI=1S/C24H34O6/c1-13-9-15-10-16(26)5-7-22(15,3)21-18(27)11-23(4)17(20(13)21)6-8-24(23,29)19(28)12-30-14(2)25/h10,13,17-18,20-21,27,29H,5-9,11-12H2,1-4H3/t13-,17+,18+,20+,21+,22+,23+,24-/m1/s1. The molecule has 2 N–H and O–H groups in total. The van der Waals surface area contributed by atoms with Crippen LogP contribution in [0, 0.1) is 34.5 Å². The number of aliphatic hydroxyl groups excluding tert-OH is 1. The first-order valence-corrected chi connectivity index (χ1v) is 11.2. The molecule has 6 nitrogen and oxygen atoms in total. The molecule has 6 heteroatoms. The molecule has 8 atom stereocenters. The molecular formula is C24H34O6. The van der Waals surface area contributed by atoms with Gasteiger partial charge in [0.2, 0.25) is 5.78 Å². The van der Waals surface area contributed by atoms with E-state index in [4.69, 9.17) is 4.74 Å². The Morgan fingerprint density at radius 2 is 1.97 bits per heavy atom. The van der Waals surface area contributed by atoms with Crippen LogP contribution in [0.2, 0.25) is 0 Å². The predicted octanol–water partition coefficient (Wildman–Crippen LogP) is 2.60. The normalized spacial score (nSPS) is 47.6. The lowest BCUT2D eigenvalue weighted by Crippen LogP contribution is -2.63. The van der Waals surface area contributed by atoms with Crippen molar-refractivity contribution >= 4 is 17.5 Å². The van der Waals surface area contributed by atoms with Crippen molar-refractivity contribution in [1.82, 2.24) is 0 Å². The largest absolute Gasteiger partial charge is 0.458 e. The molecule has 3 fully saturated rings. The van der Waals surface area contributed by atoms with Crippen LogP contribution in [0.25, 0.3) is 0 Å². The number of fused-ring (bicyclic) bond motifs is 5. The van der Waals surface area contributed by atoms with Crippen LogP contribution in [0.5, 0.6) is 0 Å². The second-order valence-electron chi connectivity index (χ2n) is 10.7. The van der Waals surface area contributed by atoms with Crippen molar-refractivity contribution in [2.75, 3.05) is 6.61 Å². The van der Waals surface area contributed by atoms with Crippen LogP contribution < -0.4 is 0 Å². The molecule has 0 unspecified atom stereocenters. The minimum absolute atomic E-state index is 0.0181. The maximum atomic E-state index is 13.0. The summed E-state index contributed by atoms with van der Waals surface area (Å²) in [7, 11) is 0. The van der Waals surface area contributed by atoms with Gasteiger partial charge in [-0.15, -0.1) is 0 Å². The van der Waals surface area contributed by atoms with E-state index in [-0.39, 0.29) is 34.9 Å². The zero-order chi connectivity index (χ0) is 22.1. The SMILES string of the molecule is CC(=O)OCC(=O)[C@]1(O)CC[C@H]2[C@H]3[C@H]([C@@H](O)C[C@@]21C)[C@@]1(C)CCC(=O)C=C1C[C@H]3C. The summed E-state index contributed by atoms with van der Waals surface area (Å²) in [6, 6.07) is 0. The molecule has 3 saturated carbocycles. The van der Waals surface area contributed by atoms with E-state index in [9.17, 15) is 24.6 Å². The summed E-state index contributed by atoms with van der Waals surface area (Å²) >= 11 is 0. The van der Waals surface area contributed by atoms with E-state index in [0.29, 0.717) is 25.7 Å². The molecule has 0 saturated heterocycles. The van der Waals surface area contributed by atoms with Gasteiger partial charge in [-0.1, -0.05) is 26.3 Å². The van der Waals surface area contributed by atoms with Gasteiger partial charge in [-0.05, 0) is 67.3 Å². The molecular weight excluding hydrogens is 384 g/mol. The smallest absolute Gasteiger partial charge is 0.303 e. The van der Waals surface area contributed by atoms with E-state index in [2.05, 4.69) is 13.8 Å². The van der Waals surface area contributed by atoms with Crippen molar-refractivity contribution in [1.29, 1.82) is 0 Å².